The van der Waals surface area contributed by atoms with Gasteiger partial charge in [0.05, 0.1) is 0 Å². The Balaban J connectivity index is 0.00000147. The molecule has 0 amide bonds. The van der Waals surface area contributed by atoms with E-state index in [-0.39, 0.29) is 12.4 Å². The Morgan fingerprint density at radius 2 is 2.20 bits per heavy atom. The number of thiazole rings is 1. The molecule has 0 unspecified atom stereocenters. The van der Waals surface area contributed by atoms with Gasteiger partial charge in [0.15, 0.2) is 0 Å². The Hall–Kier alpha value is -1.01. The van der Waals surface area contributed by atoms with Gasteiger partial charge in [0, 0.05) is 61.3 Å². The molecule has 1 aliphatic heterocycles. The molecule has 4 nitrogen and oxygen atoms in total. The van der Waals surface area contributed by atoms with Gasteiger partial charge in [0.2, 0.25) is 0 Å². The molecule has 3 rings (SSSR count). The second kappa shape index (κ2) is 7.13. The fourth-order valence-corrected chi connectivity index (χ4v) is 3.34. The van der Waals surface area contributed by atoms with E-state index in [0.29, 0.717) is 6.04 Å². The predicted octanol–water partition coefficient (Wildman–Crippen LogP) is 2.42. The molecule has 0 spiro atoms. The monoisotopic (exact) mass is 310 g/mol. The SMILES string of the molecule is C[C@H]1CN(Cc2cnc(-c3ccncc3)s2)CCN1.Cl. The Labute approximate surface area is 129 Å². The van der Waals surface area contributed by atoms with Crippen LogP contribution in [0.4, 0.5) is 0 Å². The molecule has 0 aliphatic carbocycles. The van der Waals surface area contributed by atoms with E-state index in [4.69, 9.17) is 0 Å². The van der Waals surface area contributed by atoms with E-state index in [2.05, 4.69) is 27.1 Å². The lowest BCUT2D eigenvalue weighted by Crippen LogP contribution is -2.48. The first-order chi connectivity index (χ1) is 9.31. The maximum absolute atomic E-state index is 4.52. The number of rotatable bonds is 3. The van der Waals surface area contributed by atoms with Crippen LogP contribution in [0.15, 0.2) is 30.7 Å². The minimum absolute atomic E-state index is 0. The van der Waals surface area contributed by atoms with Crippen molar-refractivity contribution in [2.24, 2.45) is 0 Å². The first-order valence-electron chi connectivity index (χ1n) is 6.62. The molecule has 0 radical (unpaired) electrons. The highest BCUT2D eigenvalue weighted by Crippen LogP contribution is 2.25. The third-order valence-corrected chi connectivity index (χ3v) is 4.34. The maximum Gasteiger partial charge on any atom is 0.123 e. The molecular formula is C14H19ClN4S. The van der Waals surface area contributed by atoms with E-state index in [1.165, 1.54) is 4.88 Å². The van der Waals surface area contributed by atoms with E-state index in [0.717, 1.165) is 36.8 Å². The van der Waals surface area contributed by atoms with Gasteiger partial charge < -0.3 is 5.32 Å². The third kappa shape index (κ3) is 3.76. The van der Waals surface area contributed by atoms with Crippen molar-refractivity contribution in [2.75, 3.05) is 19.6 Å². The van der Waals surface area contributed by atoms with Crippen molar-refractivity contribution in [3.05, 3.63) is 35.6 Å². The Kier molecular flexibility index (Phi) is 5.48. The number of hydrogen-bond acceptors (Lipinski definition) is 5. The molecule has 20 heavy (non-hydrogen) atoms. The molecule has 0 saturated carbocycles. The topological polar surface area (TPSA) is 41.1 Å². The zero-order valence-corrected chi connectivity index (χ0v) is 13.1. The number of piperazine rings is 1. The maximum atomic E-state index is 4.52. The number of hydrogen-bond donors (Lipinski definition) is 1. The summed E-state index contributed by atoms with van der Waals surface area (Å²) in [6.45, 7) is 6.56. The van der Waals surface area contributed by atoms with E-state index >= 15 is 0 Å². The van der Waals surface area contributed by atoms with Crippen molar-refractivity contribution in [1.82, 2.24) is 20.2 Å². The minimum atomic E-state index is 0. The third-order valence-electron chi connectivity index (χ3n) is 3.31. The van der Waals surface area contributed by atoms with Crippen LogP contribution in [0.3, 0.4) is 0 Å². The van der Waals surface area contributed by atoms with Gasteiger partial charge in [-0.15, -0.1) is 23.7 Å². The normalized spacial score (nSPS) is 19.6. The summed E-state index contributed by atoms with van der Waals surface area (Å²) >= 11 is 1.78. The van der Waals surface area contributed by atoms with E-state index in [1.807, 2.05) is 30.7 Å². The summed E-state index contributed by atoms with van der Waals surface area (Å²) in [7, 11) is 0. The molecule has 1 saturated heterocycles. The average Bonchev–Trinajstić information content (AvgIpc) is 2.88. The lowest BCUT2D eigenvalue weighted by atomic mass is 10.2. The first kappa shape index (κ1) is 15.4. The van der Waals surface area contributed by atoms with Gasteiger partial charge in [-0.3, -0.25) is 9.88 Å². The van der Waals surface area contributed by atoms with Gasteiger partial charge in [0.1, 0.15) is 5.01 Å². The molecule has 2 aromatic heterocycles. The summed E-state index contributed by atoms with van der Waals surface area (Å²) in [5.74, 6) is 0. The average molecular weight is 311 g/mol. The second-order valence-corrected chi connectivity index (χ2v) is 6.07. The lowest BCUT2D eigenvalue weighted by Gasteiger charge is -2.31. The minimum Gasteiger partial charge on any atom is -0.312 e. The highest BCUT2D eigenvalue weighted by Gasteiger charge is 2.16. The highest BCUT2D eigenvalue weighted by molar-refractivity contribution is 7.15. The Morgan fingerprint density at radius 3 is 2.95 bits per heavy atom. The summed E-state index contributed by atoms with van der Waals surface area (Å²) in [6.07, 6.45) is 5.63. The quantitative estimate of drug-likeness (QED) is 0.945. The molecule has 0 aromatic carbocycles. The fraction of sp³-hybridized carbons (Fsp3) is 0.429. The zero-order chi connectivity index (χ0) is 13.1. The summed E-state index contributed by atoms with van der Waals surface area (Å²) in [6, 6.07) is 4.60. The Bertz CT molecular complexity index is 531. The molecule has 1 aliphatic rings. The number of pyridine rings is 1. The largest absolute Gasteiger partial charge is 0.312 e. The molecule has 2 aromatic rings. The van der Waals surface area contributed by atoms with E-state index in [1.54, 1.807) is 11.3 Å². The van der Waals surface area contributed by atoms with Crippen molar-refractivity contribution in [3.63, 3.8) is 0 Å². The number of aromatic nitrogens is 2. The van der Waals surface area contributed by atoms with Crippen LogP contribution in [-0.2, 0) is 6.54 Å². The molecule has 108 valence electrons. The molecule has 1 N–H and O–H groups in total. The standard InChI is InChI=1S/C14H18N4S.ClH/c1-11-9-18(7-6-16-11)10-13-8-17-14(19-13)12-2-4-15-5-3-12;/h2-5,8,11,16H,6-7,9-10H2,1H3;1H/t11-;/m0./s1. The number of nitrogens with zero attached hydrogens (tertiary/aromatic N) is 3. The molecule has 0 bridgehead atoms. The summed E-state index contributed by atoms with van der Waals surface area (Å²) in [5.41, 5.74) is 1.15. The molecule has 6 heteroatoms. The van der Waals surface area contributed by atoms with Crippen LogP contribution < -0.4 is 5.32 Å². The molecule has 3 heterocycles. The first-order valence-corrected chi connectivity index (χ1v) is 7.44. The summed E-state index contributed by atoms with van der Waals surface area (Å²) in [5, 5.41) is 4.55. The van der Waals surface area contributed by atoms with Crippen LogP contribution in [0, 0.1) is 0 Å². The van der Waals surface area contributed by atoms with Gasteiger partial charge in [-0.2, -0.15) is 0 Å². The van der Waals surface area contributed by atoms with Crippen molar-refractivity contribution >= 4 is 23.7 Å². The van der Waals surface area contributed by atoms with Crippen LogP contribution in [0.25, 0.3) is 10.6 Å². The van der Waals surface area contributed by atoms with Crippen LogP contribution in [-0.4, -0.2) is 40.5 Å². The van der Waals surface area contributed by atoms with Gasteiger partial charge >= 0.3 is 0 Å². The summed E-state index contributed by atoms with van der Waals surface area (Å²) in [4.78, 5) is 12.4. The van der Waals surface area contributed by atoms with Crippen molar-refractivity contribution in [2.45, 2.75) is 19.5 Å². The van der Waals surface area contributed by atoms with Gasteiger partial charge in [-0.1, -0.05) is 0 Å². The van der Waals surface area contributed by atoms with Crippen LogP contribution >= 0.6 is 23.7 Å². The van der Waals surface area contributed by atoms with Gasteiger partial charge in [0.25, 0.3) is 0 Å². The van der Waals surface area contributed by atoms with E-state index in [9.17, 15) is 0 Å². The number of nitrogens with one attached hydrogen (secondary N) is 1. The van der Waals surface area contributed by atoms with E-state index < -0.39 is 0 Å². The second-order valence-electron chi connectivity index (χ2n) is 4.96. The van der Waals surface area contributed by atoms with Crippen LogP contribution in [0.1, 0.15) is 11.8 Å². The predicted molar refractivity (Wildman–Crippen MR) is 85.3 cm³/mol. The van der Waals surface area contributed by atoms with Crippen molar-refractivity contribution in [1.29, 1.82) is 0 Å². The van der Waals surface area contributed by atoms with Gasteiger partial charge in [-0.25, -0.2) is 4.98 Å². The Morgan fingerprint density at radius 1 is 1.40 bits per heavy atom. The van der Waals surface area contributed by atoms with Crippen molar-refractivity contribution in [3.8, 4) is 10.6 Å². The zero-order valence-electron chi connectivity index (χ0n) is 11.5. The lowest BCUT2D eigenvalue weighted by molar-refractivity contribution is 0.201. The van der Waals surface area contributed by atoms with Crippen molar-refractivity contribution < 1.29 is 0 Å². The van der Waals surface area contributed by atoms with Crippen LogP contribution in [0.2, 0.25) is 0 Å². The van der Waals surface area contributed by atoms with Gasteiger partial charge in [-0.05, 0) is 19.1 Å². The smallest absolute Gasteiger partial charge is 0.123 e. The number of halogens is 1. The highest BCUT2D eigenvalue weighted by atomic mass is 35.5. The summed E-state index contributed by atoms with van der Waals surface area (Å²) < 4.78 is 0. The fourth-order valence-electron chi connectivity index (χ4n) is 2.38. The molecule has 1 fully saturated rings. The molecule has 1 atom stereocenters. The van der Waals surface area contributed by atoms with Crippen LogP contribution in [0.5, 0.6) is 0 Å². The molecular weight excluding hydrogens is 292 g/mol.